The lowest BCUT2D eigenvalue weighted by molar-refractivity contribution is -0.00273. The molecular formula is C24H27N5O. The maximum atomic E-state index is 13.5. The molecule has 0 N–H and O–H groups in total. The quantitative estimate of drug-likeness (QED) is 0.671. The van der Waals surface area contributed by atoms with Crippen LogP contribution < -0.4 is 0 Å². The molecular weight excluding hydrogens is 374 g/mol. The molecule has 0 radical (unpaired) electrons. The van der Waals surface area contributed by atoms with Gasteiger partial charge in [-0.15, -0.1) is 0 Å². The molecule has 6 heteroatoms. The number of benzene rings is 1. The monoisotopic (exact) mass is 401 g/mol. The highest BCUT2D eigenvalue weighted by Gasteiger charge is 2.40. The van der Waals surface area contributed by atoms with Gasteiger partial charge in [0.2, 0.25) is 0 Å². The third-order valence-corrected chi connectivity index (χ3v) is 6.37. The molecule has 0 spiro atoms. The molecule has 1 saturated heterocycles. The van der Waals surface area contributed by atoms with Crippen LogP contribution >= 0.6 is 0 Å². The van der Waals surface area contributed by atoms with Crippen molar-refractivity contribution in [3.8, 4) is 5.82 Å². The number of rotatable bonds is 4. The van der Waals surface area contributed by atoms with Gasteiger partial charge in [-0.2, -0.15) is 5.10 Å². The van der Waals surface area contributed by atoms with Crippen molar-refractivity contribution in [1.29, 1.82) is 0 Å². The number of carbonyl (C=O) groups is 1. The molecule has 30 heavy (non-hydrogen) atoms. The molecule has 1 aliphatic carbocycles. The van der Waals surface area contributed by atoms with E-state index in [1.54, 1.807) is 10.9 Å². The maximum Gasteiger partial charge on any atom is 0.272 e. The van der Waals surface area contributed by atoms with E-state index in [1.807, 2.05) is 30.5 Å². The highest BCUT2D eigenvalue weighted by Crippen LogP contribution is 2.32. The Hall–Kier alpha value is -2.99. The lowest BCUT2D eigenvalue weighted by atomic mass is 9.85. The van der Waals surface area contributed by atoms with Crippen molar-refractivity contribution in [2.24, 2.45) is 0 Å². The standard InChI is InChI=1S/C24H27N5O/c30-24(20-10-6-13-23(26-20)29-15-7-14-25-29)28-17-16-27(18-19-8-2-1-3-9-19)21-11-4-5-12-22(21)28/h1-3,6-10,13-15,21-22H,4-5,11-12,16-18H2. The first-order chi connectivity index (χ1) is 14.8. The summed E-state index contributed by atoms with van der Waals surface area (Å²) >= 11 is 0. The first kappa shape index (κ1) is 19.0. The Kier molecular flexibility index (Phi) is 5.32. The van der Waals surface area contributed by atoms with E-state index in [0.717, 1.165) is 32.5 Å². The van der Waals surface area contributed by atoms with E-state index in [1.165, 1.54) is 18.4 Å². The number of amides is 1. The average molecular weight is 402 g/mol. The molecule has 154 valence electrons. The Balaban J connectivity index is 1.36. The number of hydrogen-bond acceptors (Lipinski definition) is 4. The summed E-state index contributed by atoms with van der Waals surface area (Å²) in [5, 5.41) is 4.24. The molecule has 2 atom stereocenters. The molecule has 1 aliphatic heterocycles. The summed E-state index contributed by atoms with van der Waals surface area (Å²) in [6, 6.07) is 18.8. The lowest BCUT2D eigenvalue weighted by Crippen LogP contribution is -2.61. The third-order valence-electron chi connectivity index (χ3n) is 6.37. The number of carbonyl (C=O) groups excluding carboxylic acids is 1. The number of nitrogens with zero attached hydrogens (tertiary/aromatic N) is 5. The smallest absolute Gasteiger partial charge is 0.272 e. The van der Waals surface area contributed by atoms with Gasteiger partial charge >= 0.3 is 0 Å². The number of aromatic nitrogens is 3. The topological polar surface area (TPSA) is 54.3 Å². The molecule has 1 amide bonds. The second-order valence-corrected chi connectivity index (χ2v) is 8.21. The van der Waals surface area contributed by atoms with E-state index in [9.17, 15) is 4.79 Å². The Morgan fingerprint density at radius 3 is 2.57 bits per heavy atom. The predicted molar refractivity (Wildman–Crippen MR) is 115 cm³/mol. The van der Waals surface area contributed by atoms with Gasteiger partial charge in [0.05, 0.1) is 0 Å². The second kappa shape index (κ2) is 8.40. The number of pyridine rings is 1. The molecule has 3 aromatic rings. The number of fused-ring (bicyclic) bond motifs is 1. The van der Waals surface area contributed by atoms with Crippen molar-refractivity contribution in [3.63, 3.8) is 0 Å². The second-order valence-electron chi connectivity index (χ2n) is 8.21. The van der Waals surface area contributed by atoms with E-state index in [0.29, 0.717) is 17.6 Å². The van der Waals surface area contributed by atoms with Crippen LogP contribution in [0.25, 0.3) is 5.82 Å². The van der Waals surface area contributed by atoms with Crippen LogP contribution in [0.5, 0.6) is 0 Å². The Bertz CT molecular complexity index is 988. The van der Waals surface area contributed by atoms with Crippen molar-refractivity contribution >= 4 is 5.91 Å². The highest BCUT2D eigenvalue weighted by molar-refractivity contribution is 5.93. The first-order valence-corrected chi connectivity index (χ1v) is 10.9. The maximum absolute atomic E-state index is 13.5. The van der Waals surface area contributed by atoms with Crippen LogP contribution in [0, 0.1) is 0 Å². The van der Waals surface area contributed by atoms with Gasteiger partial charge in [0, 0.05) is 44.1 Å². The van der Waals surface area contributed by atoms with Gasteiger partial charge in [-0.1, -0.05) is 49.2 Å². The van der Waals surface area contributed by atoms with Gasteiger partial charge in [0.25, 0.3) is 5.91 Å². The minimum atomic E-state index is 0.0419. The minimum absolute atomic E-state index is 0.0419. The van der Waals surface area contributed by atoms with Gasteiger partial charge in [-0.05, 0) is 36.6 Å². The van der Waals surface area contributed by atoms with Crippen molar-refractivity contribution < 1.29 is 4.79 Å². The van der Waals surface area contributed by atoms with Crippen LogP contribution in [0.2, 0.25) is 0 Å². The van der Waals surface area contributed by atoms with E-state index >= 15 is 0 Å². The molecule has 6 nitrogen and oxygen atoms in total. The van der Waals surface area contributed by atoms with Crippen LogP contribution in [-0.2, 0) is 6.54 Å². The molecule has 2 fully saturated rings. The zero-order chi connectivity index (χ0) is 20.3. The summed E-state index contributed by atoms with van der Waals surface area (Å²) in [6.07, 6.45) is 8.21. The van der Waals surface area contributed by atoms with Crippen LogP contribution in [-0.4, -0.2) is 55.6 Å². The third kappa shape index (κ3) is 3.75. The van der Waals surface area contributed by atoms with Gasteiger partial charge in [0.15, 0.2) is 5.82 Å². The molecule has 2 unspecified atom stereocenters. The zero-order valence-corrected chi connectivity index (χ0v) is 17.1. The van der Waals surface area contributed by atoms with E-state index in [4.69, 9.17) is 0 Å². The van der Waals surface area contributed by atoms with Crippen molar-refractivity contribution in [1.82, 2.24) is 24.6 Å². The Labute approximate surface area is 177 Å². The van der Waals surface area contributed by atoms with Crippen LogP contribution in [0.3, 0.4) is 0 Å². The summed E-state index contributed by atoms with van der Waals surface area (Å²) in [6.45, 7) is 2.61. The zero-order valence-electron chi connectivity index (χ0n) is 17.1. The van der Waals surface area contributed by atoms with Gasteiger partial charge in [-0.3, -0.25) is 9.69 Å². The molecule has 2 aromatic heterocycles. The summed E-state index contributed by atoms with van der Waals surface area (Å²) in [7, 11) is 0. The summed E-state index contributed by atoms with van der Waals surface area (Å²) in [5.41, 5.74) is 1.85. The molecule has 2 aliphatic rings. The van der Waals surface area contributed by atoms with Gasteiger partial charge < -0.3 is 4.90 Å². The number of hydrogen-bond donors (Lipinski definition) is 0. The fourth-order valence-electron chi connectivity index (χ4n) is 4.94. The van der Waals surface area contributed by atoms with Crippen LogP contribution in [0.15, 0.2) is 67.0 Å². The van der Waals surface area contributed by atoms with Crippen LogP contribution in [0.1, 0.15) is 41.7 Å². The molecule has 3 heterocycles. The Morgan fingerprint density at radius 1 is 0.933 bits per heavy atom. The first-order valence-electron chi connectivity index (χ1n) is 10.9. The molecule has 0 bridgehead atoms. The summed E-state index contributed by atoms with van der Waals surface area (Å²) < 4.78 is 1.69. The van der Waals surface area contributed by atoms with E-state index < -0.39 is 0 Å². The average Bonchev–Trinajstić information content (AvgIpc) is 3.35. The lowest BCUT2D eigenvalue weighted by Gasteiger charge is -2.50. The number of piperazine rings is 1. The fraction of sp³-hybridized carbons (Fsp3) is 0.375. The highest BCUT2D eigenvalue weighted by atomic mass is 16.2. The molecule has 5 rings (SSSR count). The summed E-state index contributed by atoms with van der Waals surface area (Å²) in [4.78, 5) is 22.7. The van der Waals surface area contributed by atoms with Crippen molar-refractivity contribution in [3.05, 3.63) is 78.2 Å². The normalized spacial score (nSPS) is 21.9. The Morgan fingerprint density at radius 2 is 1.77 bits per heavy atom. The molecule has 1 saturated carbocycles. The van der Waals surface area contributed by atoms with Gasteiger partial charge in [-0.25, -0.2) is 9.67 Å². The SMILES string of the molecule is O=C(c1cccc(-n2cccn2)n1)N1CCN(Cc2ccccc2)C2CCCCC21. The fourth-order valence-corrected chi connectivity index (χ4v) is 4.94. The van der Waals surface area contributed by atoms with Crippen molar-refractivity contribution in [2.75, 3.05) is 13.1 Å². The minimum Gasteiger partial charge on any atom is -0.331 e. The molecule has 1 aromatic carbocycles. The van der Waals surface area contributed by atoms with Crippen LogP contribution in [0.4, 0.5) is 0 Å². The van der Waals surface area contributed by atoms with E-state index in [2.05, 4.69) is 50.2 Å². The summed E-state index contributed by atoms with van der Waals surface area (Å²) in [5.74, 6) is 0.717. The van der Waals surface area contributed by atoms with E-state index in [-0.39, 0.29) is 11.9 Å². The predicted octanol–water partition coefficient (Wildman–Crippen LogP) is 3.54. The largest absolute Gasteiger partial charge is 0.331 e. The van der Waals surface area contributed by atoms with Crippen molar-refractivity contribution in [2.45, 2.75) is 44.3 Å². The van der Waals surface area contributed by atoms with Gasteiger partial charge in [0.1, 0.15) is 5.69 Å².